The average Bonchev–Trinajstić information content (AvgIpc) is 1.90. The summed E-state index contributed by atoms with van der Waals surface area (Å²) in [6.45, 7) is 0. The van der Waals surface area contributed by atoms with Gasteiger partial charge in [0.05, 0.1) is 5.56 Å². The molecule has 1 aromatic heterocycles. The van der Waals surface area contributed by atoms with Crippen LogP contribution in [0, 0.1) is 0 Å². The Labute approximate surface area is 88.1 Å². The van der Waals surface area contributed by atoms with Gasteiger partial charge >= 0.3 is 43.7 Å². The Balaban J connectivity index is 0.000000810. The summed E-state index contributed by atoms with van der Waals surface area (Å²) in [5, 5.41) is 8.36. The molecule has 0 aliphatic carbocycles. The monoisotopic (exact) mass is 165 g/mol. The summed E-state index contributed by atoms with van der Waals surface area (Å²) in [7, 11) is 0. The number of hydrogen-bond donors (Lipinski definition) is 1. The summed E-state index contributed by atoms with van der Waals surface area (Å²) in [4.78, 5) is 13.8. The molecule has 1 rings (SSSR count). The topological polar surface area (TPSA) is 50.2 Å². The van der Waals surface area contributed by atoms with Crippen LogP contribution in [0.4, 0.5) is 0 Å². The maximum atomic E-state index is 10.2. The normalized spacial score (nSPS) is 8.00. The molecule has 0 fully saturated rings. The molecule has 0 atom stereocenters. The van der Waals surface area contributed by atoms with Gasteiger partial charge in [0.25, 0.3) is 0 Å². The van der Waals surface area contributed by atoms with Crippen molar-refractivity contribution in [3.8, 4) is 0 Å². The van der Waals surface area contributed by atoms with Gasteiger partial charge in [-0.15, -0.1) is 0 Å². The van der Waals surface area contributed by atoms with Crippen molar-refractivity contribution in [1.82, 2.24) is 4.98 Å². The number of aromatic nitrogens is 1. The van der Waals surface area contributed by atoms with E-state index in [2.05, 4.69) is 4.98 Å². The number of nitrogens with zero attached hydrogens (tertiary/aromatic N) is 1. The molecule has 0 unspecified atom stereocenters. The van der Waals surface area contributed by atoms with Crippen LogP contribution in [-0.2, 0) is 0 Å². The Hall–Kier alpha value is -0.120. The number of rotatable bonds is 1. The van der Waals surface area contributed by atoms with E-state index in [9.17, 15) is 4.79 Å². The van der Waals surface area contributed by atoms with Gasteiger partial charge in [-0.3, -0.25) is 4.98 Å². The average molecular weight is 165 g/mol. The molecule has 0 radical (unpaired) electrons. The maximum absolute atomic E-state index is 10.2. The third-order valence-corrected chi connectivity index (χ3v) is 0.927. The van der Waals surface area contributed by atoms with Crippen LogP contribution in [0.25, 0.3) is 0 Å². The number of carboxylic acid groups (broad SMARTS) is 1. The number of carboxylic acids is 1. The number of aromatic carboxylic acids is 1. The Morgan fingerprint density at radius 3 is 2.20 bits per heavy atom. The third kappa shape index (κ3) is 2.64. The molecular weight excluding hydrogens is 158 g/mol. The van der Waals surface area contributed by atoms with Crippen molar-refractivity contribution in [2.45, 2.75) is 0 Å². The van der Waals surface area contributed by atoms with Crippen molar-refractivity contribution < 1.29 is 9.90 Å². The van der Waals surface area contributed by atoms with Crippen LogP contribution in [0.3, 0.4) is 0 Å². The summed E-state index contributed by atoms with van der Waals surface area (Å²) >= 11 is 0. The van der Waals surface area contributed by atoms with Crippen LogP contribution in [0.2, 0.25) is 0 Å². The molecule has 0 saturated heterocycles. The molecule has 0 aliphatic heterocycles. The molecule has 50 valence electrons. The molecule has 3 nitrogen and oxygen atoms in total. The number of pyridine rings is 1. The van der Waals surface area contributed by atoms with Gasteiger partial charge in [0.2, 0.25) is 0 Å². The first-order valence-corrected chi connectivity index (χ1v) is 2.44. The Kier molecular flexibility index (Phi) is 4.60. The molecule has 0 aliphatic rings. The molecule has 1 heterocycles. The first kappa shape index (κ1) is 9.88. The molecule has 0 spiro atoms. The van der Waals surface area contributed by atoms with E-state index in [1.165, 1.54) is 24.5 Å². The standard InChI is InChI=1S/C6H5NO2.Ca.2H/c8-6(9)5-1-3-7-4-2-5;;;/h1-4H,(H,8,9);;;. The van der Waals surface area contributed by atoms with Crippen LogP contribution < -0.4 is 0 Å². The quantitative estimate of drug-likeness (QED) is 0.589. The summed E-state index contributed by atoms with van der Waals surface area (Å²) in [5.41, 5.74) is 0.269. The van der Waals surface area contributed by atoms with Gasteiger partial charge < -0.3 is 5.11 Å². The van der Waals surface area contributed by atoms with Crippen molar-refractivity contribution in [2.75, 3.05) is 0 Å². The minimum absolute atomic E-state index is 0. The molecule has 10 heavy (non-hydrogen) atoms. The van der Waals surface area contributed by atoms with E-state index >= 15 is 0 Å². The fourth-order valence-corrected chi connectivity index (χ4v) is 0.494. The van der Waals surface area contributed by atoms with Crippen LogP contribution in [0.1, 0.15) is 10.4 Å². The van der Waals surface area contributed by atoms with Crippen LogP contribution >= 0.6 is 0 Å². The first-order chi connectivity index (χ1) is 4.30. The van der Waals surface area contributed by atoms with E-state index in [4.69, 9.17) is 5.11 Å². The fourth-order valence-electron chi connectivity index (χ4n) is 0.494. The molecule has 4 heteroatoms. The minimum atomic E-state index is -0.919. The van der Waals surface area contributed by atoms with Gasteiger partial charge in [-0.2, -0.15) is 0 Å². The first-order valence-electron chi connectivity index (χ1n) is 2.44. The van der Waals surface area contributed by atoms with Crippen molar-refractivity contribution in [2.24, 2.45) is 0 Å². The Morgan fingerprint density at radius 2 is 1.90 bits per heavy atom. The molecule has 0 saturated carbocycles. The molecule has 0 bridgehead atoms. The van der Waals surface area contributed by atoms with E-state index in [-0.39, 0.29) is 43.3 Å². The summed E-state index contributed by atoms with van der Waals surface area (Å²) in [6.07, 6.45) is 2.90. The summed E-state index contributed by atoms with van der Waals surface area (Å²) in [5.74, 6) is -0.919. The molecule has 1 N–H and O–H groups in total. The van der Waals surface area contributed by atoms with Crippen LogP contribution in [0.15, 0.2) is 24.5 Å². The van der Waals surface area contributed by atoms with Gasteiger partial charge in [-0.05, 0) is 12.1 Å². The molecule has 1 aromatic rings. The predicted octanol–water partition coefficient (Wildman–Crippen LogP) is -0.136. The van der Waals surface area contributed by atoms with Crippen molar-refractivity contribution in [1.29, 1.82) is 0 Å². The zero-order chi connectivity index (χ0) is 6.69. The van der Waals surface area contributed by atoms with Crippen LogP contribution in [-0.4, -0.2) is 53.8 Å². The second-order valence-corrected chi connectivity index (χ2v) is 1.54. The van der Waals surface area contributed by atoms with Gasteiger partial charge in [-0.25, -0.2) is 4.79 Å². The number of carbonyl (C=O) groups is 1. The molecule has 0 amide bonds. The van der Waals surface area contributed by atoms with E-state index < -0.39 is 5.97 Å². The molecule has 0 aromatic carbocycles. The van der Waals surface area contributed by atoms with Crippen LogP contribution in [0.5, 0.6) is 0 Å². The van der Waals surface area contributed by atoms with Gasteiger partial charge in [0, 0.05) is 12.4 Å². The van der Waals surface area contributed by atoms with Gasteiger partial charge in [0.1, 0.15) is 0 Å². The number of hydrogen-bond acceptors (Lipinski definition) is 2. The van der Waals surface area contributed by atoms with E-state index in [1.54, 1.807) is 0 Å². The zero-order valence-corrected chi connectivity index (χ0v) is 4.61. The van der Waals surface area contributed by atoms with Gasteiger partial charge in [-0.1, -0.05) is 0 Å². The SMILES string of the molecule is O=C(O)c1ccncc1.[CaH2]. The second kappa shape index (κ2) is 4.66. The second-order valence-electron chi connectivity index (χ2n) is 1.54. The van der Waals surface area contributed by atoms with E-state index in [0.717, 1.165) is 0 Å². The Bertz CT molecular complexity index is 212. The summed E-state index contributed by atoms with van der Waals surface area (Å²) < 4.78 is 0. The fraction of sp³-hybridized carbons (Fsp3) is 0. The molecular formula is C6H7CaNO2. The van der Waals surface area contributed by atoms with Crippen molar-refractivity contribution in [3.63, 3.8) is 0 Å². The van der Waals surface area contributed by atoms with Crippen molar-refractivity contribution >= 4 is 43.7 Å². The van der Waals surface area contributed by atoms with Crippen molar-refractivity contribution in [3.05, 3.63) is 30.1 Å². The summed E-state index contributed by atoms with van der Waals surface area (Å²) in [6, 6.07) is 2.89. The Morgan fingerprint density at radius 1 is 1.40 bits per heavy atom. The zero-order valence-electron chi connectivity index (χ0n) is 4.61. The predicted molar refractivity (Wildman–Crippen MR) is 39.7 cm³/mol. The van der Waals surface area contributed by atoms with E-state index in [1.807, 2.05) is 0 Å². The third-order valence-electron chi connectivity index (χ3n) is 0.927. The van der Waals surface area contributed by atoms with Gasteiger partial charge in [0.15, 0.2) is 0 Å². The van der Waals surface area contributed by atoms with E-state index in [0.29, 0.717) is 0 Å².